The van der Waals surface area contributed by atoms with Gasteiger partial charge in [-0.1, -0.05) is 31.5 Å². The molecular formula is C17H20N2O5S. The van der Waals surface area contributed by atoms with E-state index in [9.17, 15) is 13.2 Å². The number of anilines is 1. The summed E-state index contributed by atoms with van der Waals surface area (Å²) < 4.78 is 76.4. The number of hydrogen-bond acceptors (Lipinski definition) is 6. The molecule has 7 nitrogen and oxygen atoms in total. The molecular weight excluding hydrogens is 344 g/mol. The molecule has 2 rings (SSSR count). The van der Waals surface area contributed by atoms with E-state index in [4.69, 9.17) is 13.1 Å². The monoisotopic (exact) mass is 370 g/mol. The first-order valence-corrected chi connectivity index (χ1v) is 8.75. The molecule has 0 unspecified atom stereocenters. The molecule has 25 heavy (non-hydrogen) atoms. The van der Waals surface area contributed by atoms with Gasteiger partial charge in [0, 0.05) is 9.29 Å². The molecule has 0 heterocycles. The van der Waals surface area contributed by atoms with E-state index < -0.39 is 50.2 Å². The average molecular weight is 370 g/mol. The van der Waals surface area contributed by atoms with Crippen LogP contribution in [0.15, 0.2) is 47.4 Å². The smallest absolute Gasteiger partial charge is 0.335 e. The zero-order chi connectivity index (χ0) is 23.4. The highest BCUT2D eigenvalue weighted by Crippen LogP contribution is 2.37. The molecule has 0 aliphatic carbocycles. The lowest BCUT2D eigenvalue weighted by Gasteiger charge is -2.17. The summed E-state index contributed by atoms with van der Waals surface area (Å²) >= 11 is 0. The summed E-state index contributed by atoms with van der Waals surface area (Å²) in [6.45, 7) is 1.05. The van der Waals surface area contributed by atoms with Crippen molar-refractivity contribution in [2.45, 2.75) is 24.6 Å². The summed E-state index contributed by atoms with van der Waals surface area (Å²) in [6.07, 6.45) is -1.79. The Morgan fingerprint density at radius 2 is 2.20 bits per heavy atom. The van der Waals surface area contributed by atoms with E-state index >= 15 is 0 Å². The lowest BCUT2D eigenvalue weighted by Crippen LogP contribution is -2.16. The molecule has 0 aliphatic rings. The fourth-order valence-corrected chi connectivity index (χ4v) is 2.63. The third-order valence-corrected chi connectivity index (χ3v) is 3.98. The maximum absolute atomic E-state index is 12.6. The Labute approximate surface area is 155 Å². The van der Waals surface area contributed by atoms with Crippen LogP contribution < -0.4 is 15.2 Å². The largest absolute Gasteiger partial charge is 0.478 e. The number of primary sulfonamides is 1. The molecule has 8 heteroatoms. The molecule has 2 aromatic rings. The number of nitrogens with one attached hydrogen (secondary N) is 1. The van der Waals surface area contributed by atoms with Crippen molar-refractivity contribution in [1.29, 1.82) is 1.43 Å². The third kappa shape index (κ3) is 4.94. The minimum atomic E-state index is -4.83. The van der Waals surface area contributed by atoms with Crippen LogP contribution in [0.25, 0.3) is 1.43 Å². The fraction of sp³-hybridized carbons (Fsp3) is 0.235. The van der Waals surface area contributed by atoms with Crippen LogP contribution in [-0.4, -0.2) is 26.0 Å². The van der Waals surface area contributed by atoms with Crippen LogP contribution in [0.2, 0.25) is 4.24 Å². The van der Waals surface area contributed by atoms with Crippen molar-refractivity contribution in [3.8, 4) is 11.5 Å². The first-order valence-electron chi connectivity index (χ1n) is 10.1. The maximum atomic E-state index is 12.6. The minimum absolute atomic E-state index is 0.0457. The Hall–Kier alpha value is -2.58. The highest BCUT2D eigenvalue weighted by Gasteiger charge is 2.23. The van der Waals surface area contributed by atoms with Crippen LogP contribution in [0, 0.1) is 0 Å². The van der Waals surface area contributed by atoms with Gasteiger partial charge in [-0.05, 0) is 30.6 Å². The number of nitrogens with two attached hydrogens (primary N) is 1. The maximum Gasteiger partial charge on any atom is 0.335 e. The molecule has 0 aromatic heterocycles. The number of sulfonamides is 1. The molecule has 2 aromatic carbocycles. The fourth-order valence-electron chi connectivity index (χ4n) is 1.98. The van der Waals surface area contributed by atoms with E-state index in [0.29, 0.717) is 5.31 Å². The van der Waals surface area contributed by atoms with Gasteiger partial charge in [0.2, 0.25) is 10.0 Å². The van der Waals surface area contributed by atoms with Gasteiger partial charge in [0.15, 0.2) is 7.16 Å². The Bertz CT molecular complexity index is 1040. The number of benzene rings is 2. The molecule has 0 saturated carbocycles. The average Bonchev–Trinajstić information content (AvgIpc) is 2.73. The highest BCUT2D eigenvalue weighted by atomic mass is 32.2. The van der Waals surface area contributed by atoms with Crippen LogP contribution in [0.3, 0.4) is 0 Å². The quantitative estimate of drug-likeness (QED) is 0.624. The number of carboxylic acids is 1. The van der Waals surface area contributed by atoms with Crippen molar-refractivity contribution in [2.75, 3.05) is 11.9 Å². The first kappa shape index (κ1) is 11.9. The van der Waals surface area contributed by atoms with Crippen LogP contribution in [0.5, 0.6) is 11.5 Å². The van der Waals surface area contributed by atoms with Crippen LogP contribution in [-0.2, 0) is 10.0 Å². The van der Waals surface area contributed by atoms with E-state index in [1.807, 2.05) is 0 Å². The van der Waals surface area contributed by atoms with Gasteiger partial charge in [0.1, 0.15) is 13.5 Å². The summed E-state index contributed by atoms with van der Waals surface area (Å²) in [7, 11) is -4.83. The summed E-state index contributed by atoms with van der Waals surface area (Å²) in [4.78, 5) is 11.1. The predicted molar refractivity (Wildman–Crippen MR) is 94.7 cm³/mol. The molecule has 0 aliphatic heterocycles. The molecule has 134 valence electrons. The molecule has 4 N–H and O–H groups in total. The lowest BCUT2D eigenvalue weighted by molar-refractivity contribution is 0.0696. The van der Waals surface area contributed by atoms with E-state index in [0.717, 1.165) is 12.1 Å². The summed E-state index contributed by atoms with van der Waals surface area (Å²) in [5.74, 6) is -1.58. The molecule has 0 fully saturated rings. The van der Waals surface area contributed by atoms with Gasteiger partial charge in [-0.15, -0.1) is 0 Å². The van der Waals surface area contributed by atoms with Crippen molar-refractivity contribution >= 4 is 21.7 Å². The molecule has 0 saturated heterocycles. The van der Waals surface area contributed by atoms with E-state index in [1.165, 1.54) is 12.1 Å². The topological polar surface area (TPSA) is 119 Å². The summed E-state index contributed by atoms with van der Waals surface area (Å²) in [6, 6.07) is 9.66. The number of carboxylic acid groups (broad SMARTS) is 1. The molecule has 0 bridgehead atoms. The molecule has 0 radical (unpaired) electrons. The normalized spacial score (nSPS) is 15.1. The van der Waals surface area contributed by atoms with Crippen molar-refractivity contribution in [3.63, 3.8) is 0 Å². The van der Waals surface area contributed by atoms with Crippen molar-refractivity contribution in [1.82, 2.24) is 0 Å². The Balaban J connectivity index is 2.81. The third-order valence-electron chi connectivity index (χ3n) is 3.12. The molecule has 0 spiro atoms. The van der Waals surface area contributed by atoms with Gasteiger partial charge >= 0.3 is 5.97 Å². The lowest BCUT2D eigenvalue weighted by atomic mass is 10.1. The number of para-hydroxylation sites is 1. The Morgan fingerprint density at radius 3 is 2.84 bits per heavy atom. The van der Waals surface area contributed by atoms with Crippen molar-refractivity contribution in [2.24, 2.45) is 5.13 Å². The second-order valence-electron chi connectivity index (χ2n) is 4.92. The van der Waals surface area contributed by atoms with E-state index in [2.05, 4.69) is 5.11 Å². The number of ether oxygens (including phenoxy) is 1. The zero-order valence-corrected chi connectivity index (χ0v) is 14.1. The second-order valence-corrected chi connectivity index (χ2v) is 6.31. The van der Waals surface area contributed by atoms with Crippen LogP contribution in [0.1, 0.15) is 32.8 Å². The number of hydrogen-bond donors (Lipinski definition) is 3. The van der Waals surface area contributed by atoms with Crippen molar-refractivity contribution in [3.05, 3.63) is 48.0 Å². The van der Waals surface area contributed by atoms with Crippen molar-refractivity contribution < 1.29 is 30.0 Å². The summed E-state index contributed by atoms with van der Waals surface area (Å²) in [5.41, 5.74) is -0.787. The van der Waals surface area contributed by atoms with Gasteiger partial charge in [-0.2, -0.15) is 0 Å². The van der Waals surface area contributed by atoms with Crippen LogP contribution >= 0.6 is 0 Å². The number of carbonyl (C=O) groups is 1. The van der Waals surface area contributed by atoms with Gasteiger partial charge < -0.3 is 15.2 Å². The van der Waals surface area contributed by atoms with Gasteiger partial charge in [-0.3, -0.25) is 0 Å². The minimum Gasteiger partial charge on any atom is -0.478 e. The summed E-state index contributed by atoms with van der Waals surface area (Å²) in [5, 5.41) is 3.92. The van der Waals surface area contributed by atoms with Gasteiger partial charge in [-0.25, -0.2) is 18.3 Å². The number of aromatic carboxylic acids is 1. The number of rotatable bonds is 9. The van der Waals surface area contributed by atoms with E-state index in [1.54, 1.807) is 25.1 Å². The second kappa shape index (κ2) is 8.00. The molecule has 0 atom stereocenters. The predicted octanol–water partition coefficient (Wildman–Crippen LogP) is 3.04. The Morgan fingerprint density at radius 1 is 1.44 bits per heavy atom. The zero-order valence-electron chi connectivity index (χ0n) is 19.3. The van der Waals surface area contributed by atoms with Crippen LogP contribution in [0.4, 0.5) is 5.69 Å². The first-order chi connectivity index (χ1) is 14.4. The van der Waals surface area contributed by atoms with Gasteiger partial charge in [0.05, 0.1) is 11.3 Å². The highest BCUT2D eigenvalue weighted by molar-refractivity contribution is 7.89. The molecule has 0 amide bonds. The van der Waals surface area contributed by atoms with Gasteiger partial charge in [0.25, 0.3) is 1.43 Å². The Kier molecular flexibility index (Phi) is 3.80. The standard InChI is InChI=1S/C17H20N2O5S/c1-2-3-9-19-14-10-12(17(20)21)11-15(25(18,22)23)16(14)24-13-7-5-4-6-8-13/h4-8,10-11,19H,2-3,9H2,1H3,(H,20,21)(H2,18,22,23)/i3D2/hD4. The van der Waals surface area contributed by atoms with E-state index in [-0.39, 0.29) is 17.9 Å². The SMILES string of the molecule is [2H]OC(=O)c1cc(N([2H])CC([2H])([2H])CC)c(Oc2ccccc2)c(S(=O)(=O)N([2H])[2H])c1.